The largest absolute Gasteiger partial charge is 0.465 e. The van der Waals surface area contributed by atoms with Crippen molar-refractivity contribution in [2.75, 3.05) is 18.4 Å². The summed E-state index contributed by atoms with van der Waals surface area (Å²) in [6.07, 6.45) is -0.0262. The maximum atomic E-state index is 11.3. The third-order valence-electron chi connectivity index (χ3n) is 4.92. The van der Waals surface area contributed by atoms with Gasteiger partial charge in [-0.25, -0.2) is 4.79 Å². The topological polar surface area (TPSA) is 52.6 Å². The molecule has 4 rings (SSSR count). The number of benzene rings is 2. The lowest BCUT2D eigenvalue weighted by Gasteiger charge is -2.33. The molecule has 0 spiro atoms. The number of amides is 1. The number of carbonyl (C=O) groups is 1. The molecular weight excluding hydrogens is 347 g/mol. The van der Waals surface area contributed by atoms with E-state index in [4.69, 9.17) is 23.2 Å². The van der Waals surface area contributed by atoms with Crippen LogP contribution in [0.25, 0.3) is 11.1 Å². The van der Waals surface area contributed by atoms with Gasteiger partial charge in [-0.3, -0.25) is 0 Å². The Hall–Kier alpha value is -1.91. The smallest absolute Gasteiger partial charge is 0.407 e. The molecule has 1 fully saturated rings. The number of anilines is 1. The second kappa shape index (κ2) is 5.87. The van der Waals surface area contributed by atoms with Crippen LogP contribution >= 0.6 is 23.2 Å². The van der Waals surface area contributed by atoms with Gasteiger partial charge in [-0.05, 0) is 41.8 Å². The van der Waals surface area contributed by atoms with E-state index in [1.165, 1.54) is 4.90 Å². The van der Waals surface area contributed by atoms with Crippen molar-refractivity contribution in [3.63, 3.8) is 0 Å². The van der Waals surface area contributed by atoms with E-state index in [0.717, 1.165) is 28.8 Å². The van der Waals surface area contributed by atoms with Crippen molar-refractivity contribution in [3.8, 4) is 11.1 Å². The van der Waals surface area contributed by atoms with Gasteiger partial charge in [0.15, 0.2) is 0 Å². The summed E-state index contributed by atoms with van der Waals surface area (Å²) in [4.78, 5) is 12.8. The molecule has 1 saturated heterocycles. The molecule has 2 N–H and O–H groups in total. The monoisotopic (exact) mass is 362 g/mol. The number of nitrogens with one attached hydrogen (secondary N) is 1. The Morgan fingerprint density at radius 1 is 1.21 bits per heavy atom. The van der Waals surface area contributed by atoms with Crippen LogP contribution in [0.5, 0.6) is 0 Å². The van der Waals surface area contributed by atoms with Crippen molar-refractivity contribution in [1.82, 2.24) is 4.90 Å². The van der Waals surface area contributed by atoms with Gasteiger partial charge in [-0.2, -0.15) is 0 Å². The van der Waals surface area contributed by atoms with Crippen LogP contribution in [0.4, 0.5) is 10.5 Å². The van der Waals surface area contributed by atoms with Gasteiger partial charge < -0.3 is 15.3 Å². The molecule has 1 amide bonds. The lowest BCUT2D eigenvalue weighted by molar-refractivity contribution is 0.129. The number of hydrogen-bond acceptors (Lipinski definition) is 2. The van der Waals surface area contributed by atoms with Gasteiger partial charge in [-0.1, -0.05) is 35.3 Å². The van der Waals surface area contributed by atoms with Gasteiger partial charge in [0, 0.05) is 46.3 Å². The van der Waals surface area contributed by atoms with Crippen molar-refractivity contribution < 1.29 is 9.90 Å². The highest BCUT2D eigenvalue weighted by Gasteiger charge is 2.38. The van der Waals surface area contributed by atoms with E-state index >= 15 is 0 Å². The number of likely N-dealkylation sites (tertiary alicyclic amines) is 1. The maximum absolute atomic E-state index is 11.3. The molecule has 2 aliphatic heterocycles. The van der Waals surface area contributed by atoms with E-state index in [-0.39, 0.29) is 5.92 Å². The minimum atomic E-state index is -0.848. The minimum absolute atomic E-state index is 0.177. The van der Waals surface area contributed by atoms with Crippen molar-refractivity contribution in [3.05, 3.63) is 52.0 Å². The summed E-state index contributed by atoms with van der Waals surface area (Å²) >= 11 is 12.3. The zero-order chi connectivity index (χ0) is 16.8. The molecule has 124 valence electrons. The standard InChI is InChI=1S/C18H16Cl2N2O2/c19-11-2-3-12(15(20)8-11)10-1-4-16-13(7-10)14-9-22(18(23)24)6-5-17(14)21-16/h1-4,7-8,14,17,21H,5-6,9H2,(H,23,24). The van der Waals surface area contributed by atoms with Gasteiger partial charge in [0.1, 0.15) is 0 Å². The number of nitrogens with zero attached hydrogens (tertiary/aromatic N) is 1. The van der Waals surface area contributed by atoms with Crippen LogP contribution in [0.15, 0.2) is 36.4 Å². The molecule has 2 heterocycles. The molecule has 4 nitrogen and oxygen atoms in total. The van der Waals surface area contributed by atoms with Crippen LogP contribution in [0.3, 0.4) is 0 Å². The number of fused-ring (bicyclic) bond motifs is 3. The minimum Gasteiger partial charge on any atom is -0.465 e. The molecule has 2 aliphatic rings. The van der Waals surface area contributed by atoms with Gasteiger partial charge in [0.25, 0.3) is 0 Å². The van der Waals surface area contributed by atoms with E-state index < -0.39 is 6.09 Å². The average molecular weight is 363 g/mol. The van der Waals surface area contributed by atoms with Gasteiger partial charge in [0.2, 0.25) is 0 Å². The van der Waals surface area contributed by atoms with E-state index in [2.05, 4.69) is 17.4 Å². The Bertz CT molecular complexity index is 825. The fourth-order valence-electron chi connectivity index (χ4n) is 3.71. The summed E-state index contributed by atoms with van der Waals surface area (Å²) in [5.41, 5.74) is 4.20. The van der Waals surface area contributed by atoms with Crippen LogP contribution < -0.4 is 5.32 Å². The Labute approximate surface area is 150 Å². The number of piperidine rings is 1. The molecular formula is C18H16Cl2N2O2. The second-order valence-corrected chi connectivity index (χ2v) is 7.14. The van der Waals surface area contributed by atoms with Crippen LogP contribution in [-0.2, 0) is 0 Å². The first-order chi connectivity index (χ1) is 11.5. The normalized spacial score (nSPS) is 21.8. The zero-order valence-electron chi connectivity index (χ0n) is 12.8. The SMILES string of the molecule is O=C(O)N1CCC2Nc3ccc(-c4ccc(Cl)cc4Cl)cc3C2C1. The van der Waals surface area contributed by atoms with E-state index in [0.29, 0.717) is 29.2 Å². The molecule has 2 atom stereocenters. The predicted molar refractivity (Wildman–Crippen MR) is 96.3 cm³/mol. The molecule has 0 bridgehead atoms. The van der Waals surface area contributed by atoms with Gasteiger partial charge >= 0.3 is 6.09 Å². The summed E-state index contributed by atoms with van der Waals surface area (Å²) < 4.78 is 0. The molecule has 0 saturated carbocycles. The van der Waals surface area contributed by atoms with Crippen molar-refractivity contribution >= 4 is 35.0 Å². The molecule has 0 aromatic heterocycles. The van der Waals surface area contributed by atoms with Crippen LogP contribution in [-0.4, -0.2) is 35.2 Å². The van der Waals surface area contributed by atoms with Crippen molar-refractivity contribution in [2.45, 2.75) is 18.4 Å². The van der Waals surface area contributed by atoms with Crippen LogP contribution in [0, 0.1) is 0 Å². The van der Waals surface area contributed by atoms with Crippen LogP contribution in [0.2, 0.25) is 10.0 Å². The first kappa shape index (κ1) is 15.6. The predicted octanol–water partition coefficient (Wildman–Crippen LogP) is 4.92. The number of carboxylic acid groups (broad SMARTS) is 1. The van der Waals surface area contributed by atoms with Gasteiger partial charge in [0.05, 0.1) is 0 Å². The van der Waals surface area contributed by atoms with Crippen molar-refractivity contribution in [2.24, 2.45) is 0 Å². The Morgan fingerprint density at radius 2 is 2.04 bits per heavy atom. The highest BCUT2D eigenvalue weighted by molar-refractivity contribution is 6.36. The first-order valence-electron chi connectivity index (χ1n) is 7.87. The van der Waals surface area contributed by atoms with E-state index in [1.54, 1.807) is 6.07 Å². The molecule has 24 heavy (non-hydrogen) atoms. The highest BCUT2D eigenvalue weighted by atomic mass is 35.5. The van der Waals surface area contributed by atoms with Gasteiger partial charge in [-0.15, -0.1) is 0 Å². The average Bonchev–Trinajstić information content (AvgIpc) is 2.91. The third-order valence-corrected chi connectivity index (χ3v) is 5.47. The maximum Gasteiger partial charge on any atom is 0.407 e. The summed E-state index contributed by atoms with van der Waals surface area (Å²) in [6, 6.07) is 12.0. The molecule has 0 radical (unpaired) electrons. The summed E-state index contributed by atoms with van der Waals surface area (Å²) in [5, 5.41) is 14.0. The third kappa shape index (κ3) is 2.60. The molecule has 0 aliphatic carbocycles. The number of halogens is 2. The lowest BCUT2D eigenvalue weighted by atomic mass is 9.88. The molecule has 6 heteroatoms. The fourth-order valence-corrected chi connectivity index (χ4v) is 4.22. The number of rotatable bonds is 1. The summed E-state index contributed by atoms with van der Waals surface area (Å²) in [6.45, 7) is 1.10. The Kier molecular flexibility index (Phi) is 3.82. The highest BCUT2D eigenvalue weighted by Crippen LogP contribution is 2.42. The van der Waals surface area contributed by atoms with Crippen LogP contribution in [0.1, 0.15) is 17.9 Å². The Balaban J connectivity index is 1.71. The zero-order valence-corrected chi connectivity index (χ0v) is 14.3. The second-order valence-electron chi connectivity index (χ2n) is 6.30. The summed E-state index contributed by atoms with van der Waals surface area (Å²) in [7, 11) is 0. The quantitative estimate of drug-likeness (QED) is 0.756. The van der Waals surface area contributed by atoms with Crippen molar-refractivity contribution in [1.29, 1.82) is 0 Å². The lowest BCUT2D eigenvalue weighted by Crippen LogP contribution is -2.44. The Morgan fingerprint density at radius 3 is 2.79 bits per heavy atom. The first-order valence-corrected chi connectivity index (χ1v) is 8.62. The fraction of sp³-hybridized carbons (Fsp3) is 0.278. The molecule has 2 aromatic rings. The molecule has 2 aromatic carbocycles. The number of hydrogen-bond donors (Lipinski definition) is 2. The van der Waals surface area contributed by atoms with E-state index in [1.807, 2.05) is 18.2 Å². The molecule has 2 unspecified atom stereocenters. The summed E-state index contributed by atoms with van der Waals surface area (Å²) in [5.74, 6) is 0.177. The van der Waals surface area contributed by atoms with E-state index in [9.17, 15) is 9.90 Å².